The maximum Gasteiger partial charge on any atom is 0.243 e. The molecule has 0 unspecified atom stereocenters. The van der Waals surface area contributed by atoms with Gasteiger partial charge in [0.25, 0.3) is 0 Å². The first-order valence-corrected chi connectivity index (χ1v) is 8.42. The Labute approximate surface area is 129 Å². The van der Waals surface area contributed by atoms with E-state index in [2.05, 4.69) is 4.72 Å². The molecule has 1 aromatic carbocycles. The molecule has 0 amide bonds. The molecule has 1 aliphatic carbocycles. The number of halogens is 2. The summed E-state index contributed by atoms with van der Waals surface area (Å²) in [5.41, 5.74) is 5.68. The molecule has 112 valence electrons. The monoisotopic (exact) mass is 336 g/mol. The Morgan fingerprint density at radius 3 is 1.85 bits per heavy atom. The zero-order valence-electron chi connectivity index (χ0n) is 11.8. The molecule has 0 aliphatic heterocycles. The Balaban J connectivity index is 2.39. The van der Waals surface area contributed by atoms with Gasteiger partial charge < -0.3 is 5.73 Å². The number of sulfonamides is 1. The molecule has 3 N–H and O–H groups in total. The highest BCUT2D eigenvalue weighted by molar-refractivity contribution is 7.89. The molecule has 1 saturated carbocycles. The van der Waals surface area contributed by atoms with Gasteiger partial charge in [-0.3, -0.25) is 0 Å². The predicted molar refractivity (Wildman–Crippen MR) is 82.5 cm³/mol. The van der Waals surface area contributed by atoms with E-state index in [1.165, 1.54) is 12.1 Å². The van der Waals surface area contributed by atoms with Crippen LogP contribution >= 0.6 is 23.2 Å². The van der Waals surface area contributed by atoms with Gasteiger partial charge in [-0.15, -0.1) is 0 Å². The van der Waals surface area contributed by atoms with Crippen LogP contribution in [0.3, 0.4) is 0 Å². The second-order valence-electron chi connectivity index (χ2n) is 6.31. The largest absolute Gasteiger partial charge is 0.399 e. The van der Waals surface area contributed by atoms with Crippen LogP contribution in [0.1, 0.15) is 27.7 Å². The minimum Gasteiger partial charge on any atom is -0.399 e. The minimum absolute atomic E-state index is 0.0266. The van der Waals surface area contributed by atoms with Crippen LogP contribution in [0.25, 0.3) is 0 Å². The van der Waals surface area contributed by atoms with Gasteiger partial charge in [-0.1, -0.05) is 50.9 Å². The second kappa shape index (κ2) is 4.50. The summed E-state index contributed by atoms with van der Waals surface area (Å²) in [6.45, 7) is 8.08. The average molecular weight is 337 g/mol. The van der Waals surface area contributed by atoms with Gasteiger partial charge in [0.1, 0.15) is 4.90 Å². The van der Waals surface area contributed by atoms with Crippen LogP contribution in [0.4, 0.5) is 5.69 Å². The van der Waals surface area contributed by atoms with E-state index < -0.39 is 10.0 Å². The quantitative estimate of drug-likeness (QED) is 0.832. The topological polar surface area (TPSA) is 72.2 Å². The Morgan fingerprint density at radius 1 is 1.10 bits per heavy atom. The molecule has 0 radical (unpaired) electrons. The normalized spacial score (nSPS) is 20.9. The van der Waals surface area contributed by atoms with Crippen LogP contribution in [-0.2, 0) is 10.0 Å². The summed E-state index contributed by atoms with van der Waals surface area (Å²) in [7, 11) is -3.79. The lowest BCUT2D eigenvalue weighted by atomic mass is 10.0. The lowest BCUT2D eigenvalue weighted by Crippen LogP contribution is -2.30. The Bertz CT molecular complexity index is 632. The predicted octanol–water partition coefficient (Wildman–Crippen LogP) is 3.29. The van der Waals surface area contributed by atoms with Gasteiger partial charge >= 0.3 is 0 Å². The molecule has 7 heteroatoms. The maximum absolute atomic E-state index is 12.5. The van der Waals surface area contributed by atoms with E-state index in [1.54, 1.807) is 0 Å². The fourth-order valence-electron chi connectivity index (χ4n) is 2.54. The fourth-order valence-corrected chi connectivity index (χ4v) is 5.30. The summed E-state index contributed by atoms with van der Waals surface area (Å²) in [6, 6.07) is 2.60. The van der Waals surface area contributed by atoms with Crippen LogP contribution in [-0.4, -0.2) is 14.5 Å². The molecule has 0 spiro atoms. The molecular formula is C13H18Cl2N2O2S. The van der Waals surface area contributed by atoms with Crippen molar-refractivity contribution in [3.8, 4) is 0 Å². The van der Waals surface area contributed by atoms with E-state index in [-0.39, 0.29) is 31.8 Å². The van der Waals surface area contributed by atoms with Gasteiger partial charge in [-0.05, 0) is 23.0 Å². The first kappa shape index (κ1) is 15.9. The van der Waals surface area contributed by atoms with Crippen molar-refractivity contribution in [3.63, 3.8) is 0 Å². The Morgan fingerprint density at radius 2 is 1.50 bits per heavy atom. The summed E-state index contributed by atoms with van der Waals surface area (Å²) in [4.78, 5) is -0.117. The maximum atomic E-state index is 12.5. The van der Waals surface area contributed by atoms with E-state index in [9.17, 15) is 8.42 Å². The first-order valence-electron chi connectivity index (χ1n) is 6.18. The zero-order chi connectivity index (χ0) is 15.5. The van der Waals surface area contributed by atoms with Crippen LogP contribution in [0.15, 0.2) is 17.0 Å². The van der Waals surface area contributed by atoms with Crippen LogP contribution in [0, 0.1) is 10.8 Å². The number of hydrogen-bond acceptors (Lipinski definition) is 3. The lowest BCUT2D eigenvalue weighted by molar-refractivity contribution is 0.457. The van der Waals surface area contributed by atoms with E-state index in [4.69, 9.17) is 28.9 Å². The summed E-state index contributed by atoms with van der Waals surface area (Å²) < 4.78 is 27.7. The molecule has 2 rings (SSSR count). The molecule has 0 bridgehead atoms. The standard InChI is InChI=1S/C13H18Cl2N2O2S/c1-12(2)11(13(12,3)4)17-20(18,19)10-8(14)5-7(16)6-9(10)15/h5-6,11,17H,16H2,1-4H3. The SMILES string of the molecule is CC1(C)C(NS(=O)(=O)c2c(Cl)cc(N)cc2Cl)C1(C)C. The highest BCUT2D eigenvalue weighted by atomic mass is 35.5. The van der Waals surface area contributed by atoms with Crippen molar-refractivity contribution in [2.45, 2.75) is 38.6 Å². The third-order valence-corrected chi connectivity index (χ3v) is 6.93. The summed E-state index contributed by atoms with van der Waals surface area (Å²) >= 11 is 12.0. The van der Waals surface area contributed by atoms with Crippen molar-refractivity contribution in [3.05, 3.63) is 22.2 Å². The smallest absolute Gasteiger partial charge is 0.243 e. The third kappa shape index (κ3) is 2.30. The molecular weight excluding hydrogens is 319 g/mol. The van der Waals surface area contributed by atoms with E-state index in [0.29, 0.717) is 5.69 Å². The summed E-state index contributed by atoms with van der Waals surface area (Å²) in [5.74, 6) is 0. The van der Waals surface area contributed by atoms with Gasteiger partial charge in [0.15, 0.2) is 0 Å². The van der Waals surface area contributed by atoms with Gasteiger partial charge in [-0.2, -0.15) is 0 Å². The molecule has 0 atom stereocenters. The Hall–Kier alpha value is -0.490. The van der Waals surface area contributed by atoms with Crippen molar-refractivity contribution in [1.29, 1.82) is 0 Å². The molecule has 0 heterocycles. The number of hydrogen-bond donors (Lipinski definition) is 2. The van der Waals surface area contributed by atoms with Crippen molar-refractivity contribution in [2.24, 2.45) is 10.8 Å². The molecule has 1 aromatic rings. The number of rotatable bonds is 3. The lowest BCUT2D eigenvalue weighted by Gasteiger charge is -2.12. The second-order valence-corrected chi connectivity index (χ2v) is 8.78. The number of nitrogens with one attached hydrogen (secondary N) is 1. The number of anilines is 1. The minimum atomic E-state index is -3.79. The molecule has 0 aromatic heterocycles. The third-order valence-electron chi connectivity index (χ3n) is 4.58. The van der Waals surface area contributed by atoms with Crippen molar-refractivity contribution < 1.29 is 8.42 Å². The van der Waals surface area contributed by atoms with Crippen LogP contribution in [0.2, 0.25) is 10.0 Å². The highest BCUT2D eigenvalue weighted by Gasteiger charge is 2.66. The highest BCUT2D eigenvalue weighted by Crippen LogP contribution is 2.63. The number of nitrogen functional groups attached to an aromatic ring is 1. The zero-order valence-corrected chi connectivity index (χ0v) is 14.1. The molecule has 4 nitrogen and oxygen atoms in total. The van der Waals surface area contributed by atoms with Gasteiger partial charge in [0.05, 0.1) is 10.0 Å². The first-order chi connectivity index (χ1) is 8.91. The van der Waals surface area contributed by atoms with E-state index in [1.807, 2.05) is 27.7 Å². The van der Waals surface area contributed by atoms with Gasteiger partial charge in [-0.25, -0.2) is 13.1 Å². The molecule has 1 aliphatic rings. The van der Waals surface area contributed by atoms with Crippen LogP contribution < -0.4 is 10.5 Å². The van der Waals surface area contributed by atoms with Gasteiger partial charge in [0.2, 0.25) is 10.0 Å². The summed E-state index contributed by atoms with van der Waals surface area (Å²) in [6.07, 6.45) is 0. The molecule has 0 saturated heterocycles. The Kier molecular flexibility index (Phi) is 3.58. The van der Waals surface area contributed by atoms with Crippen LogP contribution in [0.5, 0.6) is 0 Å². The fraction of sp³-hybridized carbons (Fsp3) is 0.538. The van der Waals surface area contributed by atoms with Crippen molar-refractivity contribution >= 4 is 38.9 Å². The molecule has 20 heavy (non-hydrogen) atoms. The number of nitrogens with two attached hydrogens (primary N) is 1. The van der Waals surface area contributed by atoms with Crippen molar-refractivity contribution in [1.82, 2.24) is 4.72 Å². The van der Waals surface area contributed by atoms with Gasteiger partial charge in [0, 0.05) is 11.7 Å². The summed E-state index contributed by atoms with van der Waals surface area (Å²) in [5, 5.41) is 0.0533. The van der Waals surface area contributed by atoms with E-state index >= 15 is 0 Å². The van der Waals surface area contributed by atoms with Crippen molar-refractivity contribution in [2.75, 3.05) is 5.73 Å². The van der Waals surface area contributed by atoms with E-state index in [0.717, 1.165) is 0 Å². The number of benzene rings is 1. The molecule has 1 fully saturated rings. The average Bonchev–Trinajstić information content (AvgIpc) is 2.58.